The van der Waals surface area contributed by atoms with Crippen molar-refractivity contribution in [3.63, 3.8) is 0 Å². The molecule has 3 rings (SSSR count). The third-order valence-corrected chi connectivity index (χ3v) is 3.44. The number of halogens is 1. The zero-order valence-electron chi connectivity index (χ0n) is 11.4. The van der Waals surface area contributed by atoms with E-state index in [0.29, 0.717) is 23.2 Å². The average molecular weight is 284 g/mol. The Morgan fingerprint density at radius 1 is 1.19 bits per heavy atom. The lowest BCUT2D eigenvalue weighted by Gasteiger charge is -2.02. The highest BCUT2D eigenvalue weighted by Gasteiger charge is 2.17. The van der Waals surface area contributed by atoms with Crippen molar-refractivity contribution in [3.8, 4) is 0 Å². The Hall–Kier alpha value is -2.62. The van der Waals surface area contributed by atoms with Gasteiger partial charge in [-0.2, -0.15) is 0 Å². The molecular weight excluding hydrogens is 271 g/mol. The van der Waals surface area contributed by atoms with E-state index in [-0.39, 0.29) is 11.4 Å². The van der Waals surface area contributed by atoms with Crippen molar-refractivity contribution in [1.82, 2.24) is 0 Å². The first kappa shape index (κ1) is 13.4. The Bertz CT molecular complexity index is 833. The van der Waals surface area contributed by atoms with Gasteiger partial charge in [0.2, 0.25) is 0 Å². The van der Waals surface area contributed by atoms with E-state index >= 15 is 0 Å². The standard InChI is InChI=1S/C17H13FO3/c1-10-16(17(19)20)14-9-12(5-6-15(14)21-10)7-11-3-2-4-13(18)8-11/h2-6,8-9H,7H2,1H3,(H,19,20). The van der Waals surface area contributed by atoms with E-state index in [0.717, 1.165) is 11.1 Å². The summed E-state index contributed by atoms with van der Waals surface area (Å²) in [6.45, 7) is 1.63. The van der Waals surface area contributed by atoms with Crippen molar-refractivity contribution in [3.05, 3.63) is 70.7 Å². The molecule has 0 bridgehead atoms. The minimum absolute atomic E-state index is 0.186. The molecule has 106 valence electrons. The van der Waals surface area contributed by atoms with Gasteiger partial charge in [0.05, 0.1) is 0 Å². The van der Waals surface area contributed by atoms with E-state index in [9.17, 15) is 14.3 Å². The molecule has 0 aliphatic rings. The first-order valence-corrected chi connectivity index (χ1v) is 6.54. The quantitative estimate of drug-likeness (QED) is 0.785. The lowest BCUT2D eigenvalue weighted by molar-refractivity contribution is 0.0697. The molecule has 0 radical (unpaired) electrons. The summed E-state index contributed by atoms with van der Waals surface area (Å²) in [6.07, 6.45) is 0.539. The molecule has 0 saturated heterocycles. The Labute approximate surface area is 120 Å². The van der Waals surface area contributed by atoms with Crippen LogP contribution in [0.5, 0.6) is 0 Å². The van der Waals surface area contributed by atoms with Crippen molar-refractivity contribution in [2.75, 3.05) is 0 Å². The van der Waals surface area contributed by atoms with Crippen LogP contribution in [0.4, 0.5) is 4.39 Å². The Balaban J connectivity index is 2.04. The summed E-state index contributed by atoms with van der Waals surface area (Å²) in [5, 5.41) is 9.84. The highest BCUT2D eigenvalue weighted by atomic mass is 19.1. The average Bonchev–Trinajstić information content (AvgIpc) is 2.74. The Morgan fingerprint density at radius 2 is 1.95 bits per heavy atom. The molecule has 0 unspecified atom stereocenters. The van der Waals surface area contributed by atoms with Crippen LogP contribution in [0.3, 0.4) is 0 Å². The molecule has 3 aromatic rings. The van der Waals surface area contributed by atoms with E-state index in [4.69, 9.17) is 4.42 Å². The summed E-state index contributed by atoms with van der Waals surface area (Å²) in [5.74, 6) is -0.895. The molecule has 21 heavy (non-hydrogen) atoms. The highest BCUT2D eigenvalue weighted by molar-refractivity contribution is 6.03. The van der Waals surface area contributed by atoms with Crippen LogP contribution in [0.2, 0.25) is 0 Å². The van der Waals surface area contributed by atoms with Crippen LogP contribution in [0.1, 0.15) is 27.2 Å². The SMILES string of the molecule is Cc1oc2ccc(Cc3cccc(F)c3)cc2c1C(=O)O. The van der Waals surface area contributed by atoms with Gasteiger partial charge in [-0.05, 0) is 48.7 Å². The number of aryl methyl sites for hydroxylation is 1. The number of carboxylic acids is 1. The summed E-state index contributed by atoms with van der Waals surface area (Å²) in [6, 6.07) is 11.8. The van der Waals surface area contributed by atoms with Crippen LogP contribution in [0.25, 0.3) is 11.0 Å². The van der Waals surface area contributed by atoms with Gasteiger partial charge in [0.25, 0.3) is 0 Å². The molecule has 0 fully saturated rings. The topological polar surface area (TPSA) is 50.4 Å². The first-order valence-electron chi connectivity index (χ1n) is 6.54. The Morgan fingerprint density at radius 3 is 2.67 bits per heavy atom. The van der Waals surface area contributed by atoms with E-state index in [1.807, 2.05) is 12.1 Å². The number of fused-ring (bicyclic) bond motifs is 1. The maximum Gasteiger partial charge on any atom is 0.339 e. The summed E-state index contributed by atoms with van der Waals surface area (Å²) in [7, 11) is 0. The lowest BCUT2D eigenvalue weighted by Crippen LogP contribution is -1.97. The molecule has 0 atom stereocenters. The van der Waals surface area contributed by atoms with Crippen molar-refractivity contribution in [2.45, 2.75) is 13.3 Å². The fourth-order valence-corrected chi connectivity index (χ4v) is 2.53. The summed E-state index contributed by atoms with van der Waals surface area (Å²) in [4.78, 5) is 11.3. The number of carboxylic acid groups (broad SMARTS) is 1. The lowest BCUT2D eigenvalue weighted by atomic mass is 10.0. The van der Waals surface area contributed by atoms with Crippen LogP contribution in [-0.4, -0.2) is 11.1 Å². The fourth-order valence-electron chi connectivity index (χ4n) is 2.53. The predicted octanol–water partition coefficient (Wildman–Crippen LogP) is 4.17. The second-order valence-corrected chi connectivity index (χ2v) is 4.98. The molecular formula is C17H13FO3. The monoisotopic (exact) mass is 284 g/mol. The molecule has 1 N–H and O–H groups in total. The van der Waals surface area contributed by atoms with Gasteiger partial charge in [0.1, 0.15) is 22.7 Å². The molecule has 0 spiro atoms. The second-order valence-electron chi connectivity index (χ2n) is 4.98. The van der Waals surface area contributed by atoms with Crippen LogP contribution >= 0.6 is 0 Å². The van der Waals surface area contributed by atoms with Gasteiger partial charge < -0.3 is 9.52 Å². The van der Waals surface area contributed by atoms with Crippen molar-refractivity contribution < 1.29 is 18.7 Å². The maximum atomic E-state index is 13.2. The number of carbonyl (C=O) groups is 1. The van der Waals surface area contributed by atoms with Crippen LogP contribution in [0.15, 0.2) is 46.9 Å². The minimum atomic E-state index is -1.01. The number of hydrogen-bond acceptors (Lipinski definition) is 2. The largest absolute Gasteiger partial charge is 0.478 e. The van der Waals surface area contributed by atoms with Gasteiger partial charge in [0, 0.05) is 5.39 Å². The first-order chi connectivity index (χ1) is 10.0. The van der Waals surface area contributed by atoms with Crippen LogP contribution in [-0.2, 0) is 6.42 Å². The third-order valence-electron chi connectivity index (χ3n) is 3.44. The number of furan rings is 1. The van der Waals surface area contributed by atoms with Gasteiger partial charge in [-0.15, -0.1) is 0 Å². The molecule has 2 aromatic carbocycles. The third kappa shape index (κ3) is 2.52. The van der Waals surface area contributed by atoms with E-state index < -0.39 is 5.97 Å². The van der Waals surface area contributed by atoms with E-state index in [2.05, 4.69) is 0 Å². The maximum absolute atomic E-state index is 13.2. The molecule has 0 aliphatic heterocycles. The summed E-state index contributed by atoms with van der Waals surface area (Å²) >= 11 is 0. The molecule has 0 amide bonds. The summed E-state index contributed by atoms with van der Waals surface area (Å²) in [5.41, 5.74) is 2.49. The smallest absolute Gasteiger partial charge is 0.339 e. The van der Waals surface area contributed by atoms with Crippen molar-refractivity contribution in [1.29, 1.82) is 0 Å². The van der Waals surface area contributed by atoms with Gasteiger partial charge >= 0.3 is 5.97 Å². The predicted molar refractivity (Wildman–Crippen MR) is 77.1 cm³/mol. The van der Waals surface area contributed by atoms with E-state index in [1.54, 1.807) is 25.1 Å². The molecule has 0 saturated carbocycles. The van der Waals surface area contributed by atoms with Crippen molar-refractivity contribution in [2.24, 2.45) is 0 Å². The zero-order chi connectivity index (χ0) is 15.0. The number of rotatable bonds is 3. The fraction of sp³-hybridized carbons (Fsp3) is 0.118. The molecule has 3 nitrogen and oxygen atoms in total. The normalized spacial score (nSPS) is 11.0. The van der Waals surface area contributed by atoms with Gasteiger partial charge in [-0.1, -0.05) is 18.2 Å². The molecule has 0 aliphatic carbocycles. The molecule has 4 heteroatoms. The molecule has 1 aromatic heterocycles. The number of benzene rings is 2. The molecule has 1 heterocycles. The van der Waals surface area contributed by atoms with Gasteiger partial charge in [0.15, 0.2) is 0 Å². The van der Waals surface area contributed by atoms with Gasteiger partial charge in [-0.3, -0.25) is 0 Å². The summed E-state index contributed by atoms with van der Waals surface area (Å²) < 4.78 is 18.6. The minimum Gasteiger partial charge on any atom is -0.478 e. The number of aromatic carboxylic acids is 1. The highest BCUT2D eigenvalue weighted by Crippen LogP contribution is 2.27. The Kier molecular flexibility index (Phi) is 3.22. The van der Waals surface area contributed by atoms with Crippen LogP contribution < -0.4 is 0 Å². The van der Waals surface area contributed by atoms with Crippen molar-refractivity contribution >= 4 is 16.9 Å². The second kappa shape index (κ2) is 5.05. The van der Waals surface area contributed by atoms with Crippen LogP contribution in [0, 0.1) is 12.7 Å². The van der Waals surface area contributed by atoms with Gasteiger partial charge in [-0.25, -0.2) is 9.18 Å². The number of hydrogen-bond donors (Lipinski definition) is 1. The van der Waals surface area contributed by atoms with E-state index in [1.165, 1.54) is 12.1 Å². The zero-order valence-corrected chi connectivity index (χ0v) is 11.4.